The summed E-state index contributed by atoms with van der Waals surface area (Å²) in [7, 11) is 2.17. The molecular formula is C31H35N3O2. The number of rotatable bonds is 6. The molecule has 36 heavy (non-hydrogen) atoms. The van der Waals surface area contributed by atoms with Crippen LogP contribution in [0.4, 0.5) is 5.69 Å². The number of benzene rings is 3. The number of allylic oxidation sites excluding steroid dienone is 1. The lowest BCUT2D eigenvalue weighted by Crippen LogP contribution is -2.44. The molecule has 5 nitrogen and oxygen atoms in total. The minimum absolute atomic E-state index is 0.0574. The first-order chi connectivity index (χ1) is 17.4. The lowest BCUT2D eigenvalue weighted by atomic mass is 9.99. The van der Waals surface area contributed by atoms with Gasteiger partial charge >= 0.3 is 0 Å². The van der Waals surface area contributed by atoms with Crippen molar-refractivity contribution in [2.24, 2.45) is 0 Å². The van der Waals surface area contributed by atoms with Gasteiger partial charge in [0, 0.05) is 56.1 Å². The average Bonchev–Trinajstić information content (AvgIpc) is 3.31. The van der Waals surface area contributed by atoms with Gasteiger partial charge in [0.1, 0.15) is 12.4 Å². The molecule has 2 heterocycles. The molecule has 0 saturated carbocycles. The summed E-state index contributed by atoms with van der Waals surface area (Å²) in [5.74, 6) is 0.823. The predicted molar refractivity (Wildman–Crippen MR) is 146 cm³/mol. The Bertz CT molecular complexity index is 1280. The minimum atomic E-state index is 0.0574. The van der Waals surface area contributed by atoms with Crippen molar-refractivity contribution in [1.29, 1.82) is 0 Å². The molecule has 0 aliphatic carbocycles. The molecule has 3 aromatic carbocycles. The van der Waals surface area contributed by atoms with Crippen LogP contribution in [0.5, 0.6) is 5.75 Å². The highest BCUT2D eigenvalue weighted by molar-refractivity contribution is 5.97. The summed E-state index contributed by atoms with van der Waals surface area (Å²) in [5, 5.41) is 0. The molecular weight excluding hydrogens is 446 g/mol. The molecule has 0 unspecified atom stereocenters. The van der Waals surface area contributed by atoms with Crippen LogP contribution in [-0.2, 0) is 19.7 Å². The van der Waals surface area contributed by atoms with Crippen molar-refractivity contribution in [3.05, 3.63) is 101 Å². The summed E-state index contributed by atoms with van der Waals surface area (Å²) in [6.45, 7) is 14.1. The van der Waals surface area contributed by atoms with Crippen molar-refractivity contribution < 1.29 is 9.53 Å². The summed E-state index contributed by atoms with van der Waals surface area (Å²) in [6, 6.07) is 20.7. The topological polar surface area (TPSA) is 36.0 Å². The van der Waals surface area contributed by atoms with Crippen LogP contribution < -0.4 is 9.64 Å². The quantitative estimate of drug-likeness (QED) is 0.465. The van der Waals surface area contributed by atoms with Crippen LogP contribution in [-0.4, -0.2) is 48.9 Å². The molecule has 5 rings (SSSR count). The van der Waals surface area contributed by atoms with Crippen molar-refractivity contribution >= 4 is 17.2 Å². The first-order valence-corrected chi connectivity index (χ1v) is 12.7. The van der Waals surface area contributed by atoms with Crippen LogP contribution >= 0.6 is 0 Å². The van der Waals surface area contributed by atoms with Crippen LogP contribution in [0.2, 0.25) is 0 Å². The number of carbonyl (C=O) groups is 1. The van der Waals surface area contributed by atoms with E-state index in [0.29, 0.717) is 25.3 Å². The number of nitrogens with zero attached hydrogens (tertiary/aromatic N) is 3. The number of aryl methyl sites for hydroxylation is 1. The van der Waals surface area contributed by atoms with Gasteiger partial charge in [0.05, 0.1) is 0 Å². The van der Waals surface area contributed by atoms with E-state index in [9.17, 15) is 4.79 Å². The molecule has 1 amide bonds. The van der Waals surface area contributed by atoms with Gasteiger partial charge in [-0.25, -0.2) is 0 Å². The molecule has 0 aromatic heterocycles. The third kappa shape index (κ3) is 5.02. The smallest absolute Gasteiger partial charge is 0.254 e. The molecule has 2 aliphatic rings. The minimum Gasteiger partial charge on any atom is -0.488 e. The van der Waals surface area contributed by atoms with Gasteiger partial charge in [0.25, 0.3) is 5.91 Å². The summed E-state index contributed by atoms with van der Waals surface area (Å²) in [4.78, 5) is 20.4. The van der Waals surface area contributed by atoms with Gasteiger partial charge in [0.2, 0.25) is 0 Å². The van der Waals surface area contributed by atoms with Crippen molar-refractivity contribution in [3.63, 3.8) is 0 Å². The zero-order valence-corrected chi connectivity index (χ0v) is 21.6. The standard InChI is InChI=1S/C31H35N3O2/c1-22(2)28-18-29(23(3)16-30(28)36-21-24-8-6-5-7-9-24)31(35)34-19-25-10-11-27(17-26(25)20-34)33-14-12-32(4)13-15-33/h5-11,16-18H,1,12-15,19-21H2,2-4H3. The molecule has 3 aromatic rings. The van der Waals surface area contributed by atoms with E-state index < -0.39 is 0 Å². The molecule has 1 saturated heterocycles. The fourth-order valence-electron chi connectivity index (χ4n) is 5.06. The lowest BCUT2D eigenvalue weighted by molar-refractivity contribution is 0.0750. The van der Waals surface area contributed by atoms with E-state index >= 15 is 0 Å². The zero-order valence-electron chi connectivity index (χ0n) is 21.6. The molecule has 5 heteroatoms. The maximum Gasteiger partial charge on any atom is 0.254 e. The second kappa shape index (κ2) is 10.2. The first kappa shape index (κ1) is 24.1. The Morgan fingerprint density at radius 3 is 2.36 bits per heavy atom. The van der Waals surface area contributed by atoms with E-state index in [1.165, 1.54) is 16.8 Å². The average molecular weight is 482 g/mol. The third-order valence-electron chi connectivity index (χ3n) is 7.32. The van der Waals surface area contributed by atoms with E-state index in [4.69, 9.17) is 4.74 Å². The maximum atomic E-state index is 13.7. The number of piperazine rings is 1. The number of ether oxygens (including phenoxy) is 1. The molecule has 0 bridgehead atoms. The number of carbonyl (C=O) groups excluding carboxylic acids is 1. The largest absolute Gasteiger partial charge is 0.488 e. The lowest BCUT2D eigenvalue weighted by Gasteiger charge is -2.34. The van der Waals surface area contributed by atoms with Crippen molar-refractivity contribution in [3.8, 4) is 5.75 Å². The molecule has 186 valence electrons. The Balaban J connectivity index is 1.33. The second-order valence-corrected chi connectivity index (χ2v) is 10.1. The van der Waals surface area contributed by atoms with Crippen molar-refractivity contribution in [2.75, 3.05) is 38.1 Å². The van der Waals surface area contributed by atoms with E-state index in [0.717, 1.165) is 54.2 Å². The molecule has 0 radical (unpaired) electrons. The fraction of sp³-hybridized carbons (Fsp3) is 0.323. The number of amides is 1. The molecule has 0 N–H and O–H groups in total. The highest BCUT2D eigenvalue weighted by atomic mass is 16.5. The molecule has 0 atom stereocenters. The monoisotopic (exact) mass is 481 g/mol. The SMILES string of the molecule is C=C(C)c1cc(C(=O)N2Cc3ccc(N4CCN(C)CC4)cc3C2)c(C)cc1OCc1ccccc1. The number of anilines is 1. The van der Waals surface area contributed by atoms with Crippen LogP contribution in [0.25, 0.3) is 5.57 Å². The van der Waals surface area contributed by atoms with Crippen LogP contribution in [0.3, 0.4) is 0 Å². The van der Waals surface area contributed by atoms with Crippen LogP contribution in [0.15, 0.2) is 67.2 Å². The van der Waals surface area contributed by atoms with E-state index in [-0.39, 0.29) is 5.91 Å². The van der Waals surface area contributed by atoms with E-state index in [1.54, 1.807) is 0 Å². The summed E-state index contributed by atoms with van der Waals surface area (Å²) < 4.78 is 6.16. The Morgan fingerprint density at radius 1 is 0.917 bits per heavy atom. The maximum absolute atomic E-state index is 13.7. The predicted octanol–water partition coefficient (Wildman–Crippen LogP) is 5.51. The first-order valence-electron chi connectivity index (χ1n) is 12.7. The summed E-state index contributed by atoms with van der Waals surface area (Å²) in [6.07, 6.45) is 0. The third-order valence-corrected chi connectivity index (χ3v) is 7.32. The molecule has 1 fully saturated rings. The number of hydrogen-bond acceptors (Lipinski definition) is 4. The van der Waals surface area contributed by atoms with Gasteiger partial charge in [-0.1, -0.05) is 43.0 Å². The number of fused-ring (bicyclic) bond motifs is 1. The van der Waals surface area contributed by atoms with Gasteiger partial charge in [-0.15, -0.1) is 0 Å². The highest BCUT2D eigenvalue weighted by Gasteiger charge is 2.27. The molecule has 2 aliphatic heterocycles. The van der Waals surface area contributed by atoms with Crippen molar-refractivity contribution in [1.82, 2.24) is 9.80 Å². The summed E-state index contributed by atoms with van der Waals surface area (Å²) in [5.41, 5.74) is 8.25. The van der Waals surface area contributed by atoms with Crippen LogP contribution in [0.1, 0.15) is 45.1 Å². The highest BCUT2D eigenvalue weighted by Crippen LogP contribution is 2.33. The Morgan fingerprint density at radius 2 is 1.64 bits per heavy atom. The zero-order chi connectivity index (χ0) is 25.2. The van der Waals surface area contributed by atoms with Gasteiger partial charge in [-0.2, -0.15) is 0 Å². The normalized spacial score (nSPS) is 15.6. The van der Waals surface area contributed by atoms with E-state index in [1.807, 2.05) is 61.2 Å². The number of likely N-dealkylation sites (N-methyl/N-ethyl adjacent to an activating group) is 1. The van der Waals surface area contributed by atoms with E-state index in [2.05, 4.69) is 41.6 Å². The fourth-order valence-corrected chi connectivity index (χ4v) is 5.06. The van der Waals surface area contributed by atoms with Crippen molar-refractivity contribution in [2.45, 2.75) is 33.5 Å². The Labute approximate surface area is 214 Å². The Kier molecular flexibility index (Phi) is 6.84. The Hall–Kier alpha value is -3.57. The summed E-state index contributed by atoms with van der Waals surface area (Å²) >= 11 is 0. The van der Waals surface area contributed by atoms with Gasteiger partial charge in [-0.05, 0) is 73.0 Å². The van der Waals surface area contributed by atoms with Crippen LogP contribution in [0, 0.1) is 6.92 Å². The number of hydrogen-bond donors (Lipinski definition) is 0. The molecule has 0 spiro atoms. The second-order valence-electron chi connectivity index (χ2n) is 10.1. The van der Waals surface area contributed by atoms with Gasteiger partial charge in [0.15, 0.2) is 0 Å². The van der Waals surface area contributed by atoms with Gasteiger partial charge in [-0.3, -0.25) is 4.79 Å². The van der Waals surface area contributed by atoms with Gasteiger partial charge < -0.3 is 19.4 Å².